The van der Waals surface area contributed by atoms with Crippen molar-refractivity contribution >= 4 is 0 Å². The second-order valence-corrected chi connectivity index (χ2v) is 4.66. The van der Waals surface area contributed by atoms with E-state index < -0.39 is 0 Å². The third-order valence-corrected chi connectivity index (χ3v) is 3.10. The summed E-state index contributed by atoms with van der Waals surface area (Å²) in [4.78, 5) is 8.82. The highest BCUT2D eigenvalue weighted by molar-refractivity contribution is 5.60. The van der Waals surface area contributed by atoms with E-state index in [0.29, 0.717) is 17.3 Å². The van der Waals surface area contributed by atoms with E-state index in [2.05, 4.69) is 22.2 Å². The molecule has 0 spiro atoms. The summed E-state index contributed by atoms with van der Waals surface area (Å²) in [5.74, 6) is 2.05. The molecule has 2 rings (SSSR count). The van der Waals surface area contributed by atoms with Gasteiger partial charge in [-0.25, -0.2) is 9.97 Å². The molecular weight excluding hydrogens is 266 g/mol. The summed E-state index contributed by atoms with van der Waals surface area (Å²) in [5, 5.41) is 3.33. The average molecular weight is 287 g/mol. The van der Waals surface area contributed by atoms with Gasteiger partial charge in [0, 0.05) is 30.1 Å². The molecule has 5 heteroatoms. The molecule has 1 heterocycles. The van der Waals surface area contributed by atoms with Crippen molar-refractivity contribution in [3.05, 3.63) is 36.2 Å². The molecule has 112 valence electrons. The maximum absolute atomic E-state index is 5.30. The zero-order chi connectivity index (χ0) is 15.1. The van der Waals surface area contributed by atoms with Gasteiger partial charge in [-0.3, -0.25) is 0 Å². The molecule has 0 fully saturated rings. The molecule has 0 atom stereocenters. The smallest absolute Gasteiger partial charge is 0.161 e. The van der Waals surface area contributed by atoms with Crippen LogP contribution in [0.2, 0.25) is 0 Å². The fourth-order valence-corrected chi connectivity index (χ4v) is 1.98. The molecule has 0 radical (unpaired) electrons. The number of hydrogen-bond donors (Lipinski definition) is 1. The van der Waals surface area contributed by atoms with E-state index in [1.54, 1.807) is 14.2 Å². The van der Waals surface area contributed by atoms with Crippen molar-refractivity contribution in [3.63, 3.8) is 0 Å². The van der Waals surface area contributed by atoms with E-state index in [4.69, 9.17) is 9.47 Å². The first kappa shape index (κ1) is 15.3. The molecule has 2 aromatic rings. The van der Waals surface area contributed by atoms with Crippen LogP contribution in [0.3, 0.4) is 0 Å². The highest BCUT2D eigenvalue weighted by Gasteiger charge is 2.08. The lowest BCUT2D eigenvalue weighted by Gasteiger charge is -2.09. The van der Waals surface area contributed by atoms with Gasteiger partial charge in [-0.05, 0) is 31.2 Å². The second kappa shape index (κ2) is 7.59. The fraction of sp³-hybridized carbons (Fsp3) is 0.375. The SMILES string of the molecule is CCCNCc1cnc(-c2ccc(OC)c(OC)c2)nc1. The van der Waals surface area contributed by atoms with E-state index >= 15 is 0 Å². The Hall–Kier alpha value is -2.14. The lowest BCUT2D eigenvalue weighted by atomic mass is 10.2. The van der Waals surface area contributed by atoms with Gasteiger partial charge in [0.25, 0.3) is 0 Å². The number of nitrogens with zero attached hydrogens (tertiary/aromatic N) is 2. The summed E-state index contributed by atoms with van der Waals surface area (Å²) >= 11 is 0. The Kier molecular flexibility index (Phi) is 5.51. The molecule has 0 aliphatic heterocycles. The van der Waals surface area contributed by atoms with Crippen molar-refractivity contribution < 1.29 is 9.47 Å². The van der Waals surface area contributed by atoms with Crippen molar-refractivity contribution in [3.8, 4) is 22.9 Å². The van der Waals surface area contributed by atoms with Crippen LogP contribution in [-0.2, 0) is 6.54 Å². The summed E-state index contributed by atoms with van der Waals surface area (Å²) in [5.41, 5.74) is 1.98. The lowest BCUT2D eigenvalue weighted by Crippen LogP contribution is -2.14. The Balaban J connectivity index is 2.14. The molecule has 0 unspecified atom stereocenters. The van der Waals surface area contributed by atoms with E-state index in [0.717, 1.165) is 30.6 Å². The molecule has 0 saturated heterocycles. The monoisotopic (exact) mass is 287 g/mol. The maximum atomic E-state index is 5.30. The Labute approximate surface area is 125 Å². The zero-order valence-electron chi connectivity index (χ0n) is 12.7. The summed E-state index contributed by atoms with van der Waals surface area (Å²) in [6, 6.07) is 5.66. The maximum Gasteiger partial charge on any atom is 0.161 e. The third kappa shape index (κ3) is 3.92. The third-order valence-electron chi connectivity index (χ3n) is 3.10. The Morgan fingerprint density at radius 2 is 1.76 bits per heavy atom. The minimum Gasteiger partial charge on any atom is -0.493 e. The minimum atomic E-state index is 0.673. The first-order valence-electron chi connectivity index (χ1n) is 7.02. The van der Waals surface area contributed by atoms with E-state index in [1.165, 1.54) is 0 Å². The van der Waals surface area contributed by atoms with Gasteiger partial charge >= 0.3 is 0 Å². The molecule has 1 N–H and O–H groups in total. The van der Waals surface area contributed by atoms with Gasteiger partial charge < -0.3 is 14.8 Å². The Morgan fingerprint density at radius 3 is 2.38 bits per heavy atom. The van der Waals surface area contributed by atoms with Crippen LogP contribution in [0.4, 0.5) is 0 Å². The summed E-state index contributed by atoms with van der Waals surface area (Å²) in [6.45, 7) is 3.93. The number of nitrogens with one attached hydrogen (secondary N) is 1. The lowest BCUT2D eigenvalue weighted by molar-refractivity contribution is 0.355. The highest BCUT2D eigenvalue weighted by atomic mass is 16.5. The molecule has 0 amide bonds. The number of rotatable bonds is 7. The van der Waals surface area contributed by atoms with Crippen molar-refractivity contribution in [2.75, 3.05) is 20.8 Å². The number of ether oxygens (including phenoxy) is 2. The van der Waals surface area contributed by atoms with Gasteiger partial charge in [0.15, 0.2) is 17.3 Å². The van der Waals surface area contributed by atoms with E-state index in [1.807, 2.05) is 30.6 Å². The van der Waals surface area contributed by atoms with Crippen molar-refractivity contribution in [2.45, 2.75) is 19.9 Å². The highest BCUT2D eigenvalue weighted by Crippen LogP contribution is 2.30. The van der Waals surface area contributed by atoms with Gasteiger partial charge in [-0.1, -0.05) is 6.92 Å². The molecule has 1 aromatic heterocycles. The normalized spacial score (nSPS) is 10.4. The van der Waals surface area contributed by atoms with Gasteiger partial charge in [-0.2, -0.15) is 0 Å². The predicted molar refractivity (Wildman–Crippen MR) is 82.6 cm³/mol. The van der Waals surface area contributed by atoms with Gasteiger partial charge in [0.1, 0.15) is 0 Å². The number of methoxy groups -OCH3 is 2. The van der Waals surface area contributed by atoms with Crippen molar-refractivity contribution in [1.82, 2.24) is 15.3 Å². The van der Waals surface area contributed by atoms with Gasteiger partial charge in [-0.15, -0.1) is 0 Å². The average Bonchev–Trinajstić information content (AvgIpc) is 2.55. The van der Waals surface area contributed by atoms with E-state index in [9.17, 15) is 0 Å². The first-order chi connectivity index (χ1) is 10.3. The van der Waals surface area contributed by atoms with Crippen LogP contribution in [-0.4, -0.2) is 30.7 Å². The van der Waals surface area contributed by atoms with Crippen molar-refractivity contribution in [1.29, 1.82) is 0 Å². The van der Waals surface area contributed by atoms with Crippen LogP contribution < -0.4 is 14.8 Å². The zero-order valence-corrected chi connectivity index (χ0v) is 12.7. The standard InChI is InChI=1S/C16H21N3O2/c1-4-7-17-9-12-10-18-16(19-11-12)13-5-6-14(20-2)15(8-13)21-3/h5-6,8,10-11,17H,4,7,9H2,1-3H3. The van der Waals surface area contributed by atoms with Crippen LogP contribution in [0.1, 0.15) is 18.9 Å². The quantitative estimate of drug-likeness (QED) is 0.793. The van der Waals surface area contributed by atoms with Gasteiger partial charge in [0.2, 0.25) is 0 Å². The molecule has 0 aliphatic carbocycles. The molecular formula is C16H21N3O2. The summed E-state index contributed by atoms with van der Waals surface area (Å²) < 4.78 is 10.5. The Morgan fingerprint density at radius 1 is 1.05 bits per heavy atom. The molecule has 1 aromatic carbocycles. The van der Waals surface area contributed by atoms with Crippen LogP contribution >= 0.6 is 0 Å². The van der Waals surface area contributed by atoms with Crippen LogP contribution in [0.25, 0.3) is 11.4 Å². The van der Waals surface area contributed by atoms with Crippen LogP contribution in [0.15, 0.2) is 30.6 Å². The van der Waals surface area contributed by atoms with E-state index in [-0.39, 0.29) is 0 Å². The van der Waals surface area contributed by atoms with Gasteiger partial charge in [0.05, 0.1) is 14.2 Å². The Bertz CT molecular complexity index is 570. The molecule has 5 nitrogen and oxygen atoms in total. The fourth-order valence-electron chi connectivity index (χ4n) is 1.98. The minimum absolute atomic E-state index is 0.673. The number of hydrogen-bond acceptors (Lipinski definition) is 5. The summed E-state index contributed by atoms with van der Waals surface area (Å²) in [6.07, 6.45) is 4.81. The number of aromatic nitrogens is 2. The first-order valence-corrected chi connectivity index (χ1v) is 7.02. The molecule has 21 heavy (non-hydrogen) atoms. The molecule has 0 bridgehead atoms. The summed E-state index contributed by atoms with van der Waals surface area (Å²) in [7, 11) is 3.23. The predicted octanol–water partition coefficient (Wildman–Crippen LogP) is 2.66. The van der Waals surface area contributed by atoms with Crippen LogP contribution in [0.5, 0.6) is 11.5 Å². The van der Waals surface area contributed by atoms with Crippen molar-refractivity contribution in [2.24, 2.45) is 0 Å². The molecule has 0 saturated carbocycles. The van der Waals surface area contributed by atoms with Crippen LogP contribution in [0, 0.1) is 0 Å². The topological polar surface area (TPSA) is 56.3 Å². The second-order valence-electron chi connectivity index (χ2n) is 4.66. The largest absolute Gasteiger partial charge is 0.493 e. The molecule has 0 aliphatic rings. The number of benzene rings is 1.